The van der Waals surface area contributed by atoms with E-state index < -0.39 is 0 Å². The molecule has 0 radical (unpaired) electrons. The lowest BCUT2D eigenvalue weighted by Gasteiger charge is -1.98. The molecular weight excluding hydrogens is 268 g/mol. The first-order chi connectivity index (χ1) is 6.31. The minimum Gasteiger partial charge on any atom is -0.222 e. The lowest BCUT2D eigenvalue weighted by Crippen LogP contribution is -1.87. The van der Waals surface area contributed by atoms with Gasteiger partial charge in [0.1, 0.15) is 4.60 Å². The molecule has 2 heterocycles. The smallest absolute Gasteiger partial charge is 0.189 e. The van der Waals surface area contributed by atoms with E-state index in [4.69, 9.17) is 0 Å². The van der Waals surface area contributed by atoms with Gasteiger partial charge in [-0.15, -0.1) is 11.3 Å². The van der Waals surface area contributed by atoms with E-state index in [2.05, 4.69) is 32.8 Å². The van der Waals surface area contributed by atoms with Gasteiger partial charge in [-0.25, -0.2) is 9.97 Å². The molecule has 2 aromatic heterocycles. The fourth-order valence-electron chi connectivity index (χ4n) is 1.00. The molecule has 5 heteroatoms. The van der Waals surface area contributed by atoms with Gasteiger partial charge in [0.2, 0.25) is 0 Å². The number of hydrogen-bond donors (Lipinski definition) is 0. The second-order valence-electron chi connectivity index (χ2n) is 2.36. The van der Waals surface area contributed by atoms with Crippen molar-refractivity contribution in [2.75, 3.05) is 5.75 Å². The van der Waals surface area contributed by atoms with Gasteiger partial charge in [0, 0.05) is 0 Å². The zero-order valence-corrected chi connectivity index (χ0v) is 10.2. The molecule has 0 spiro atoms. The van der Waals surface area contributed by atoms with Crippen LogP contribution in [0.25, 0.3) is 10.2 Å². The molecule has 0 aliphatic heterocycles. The molecule has 0 amide bonds. The minimum atomic E-state index is 0.847. The average molecular weight is 275 g/mol. The summed E-state index contributed by atoms with van der Waals surface area (Å²) in [5.41, 5.74) is 1.03. The molecule has 0 saturated heterocycles. The number of fused-ring (bicyclic) bond motifs is 1. The molecule has 2 aromatic rings. The van der Waals surface area contributed by atoms with E-state index in [1.807, 2.05) is 11.4 Å². The molecule has 0 fully saturated rings. The van der Waals surface area contributed by atoms with Crippen LogP contribution in [0.15, 0.2) is 21.2 Å². The van der Waals surface area contributed by atoms with Crippen molar-refractivity contribution in [1.82, 2.24) is 9.97 Å². The lowest BCUT2D eigenvalue weighted by atomic mass is 10.5. The molecule has 0 unspecified atom stereocenters. The lowest BCUT2D eigenvalue weighted by molar-refractivity contribution is 0.990. The van der Waals surface area contributed by atoms with Crippen LogP contribution in [-0.2, 0) is 0 Å². The second kappa shape index (κ2) is 3.94. The standard InChI is InChI=1S/C8H7BrN2S2/c1-2-12-8-10-5-3-4-13-6(5)7(9)11-8/h3-4H,2H2,1H3. The number of rotatable bonds is 2. The summed E-state index contributed by atoms with van der Waals surface area (Å²) in [5.74, 6) is 1.00. The van der Waals surface area contributed by atoms with E-state index in [1.54, 1.807) is 23.1 Å². The number of thiophene rings is 1. The number of nitrogens with zero attached hydrogens (tertiary/aromatic N) is 2. The quantitative estimate of drug-likeness (QED) is 0.476. The van der Waals surface area contributed by atoms with Gasteiger partial charge in [-0.1, -0.05) is 18.7 Å². The Morgan fingerprint density at radius 2 is 2.38 bits per heavy atom. The van der Waals surface area contributed by atoms with E-state index in [0.29, 0.717) is 0 Å². The van der Waals surface area contributed by atoms with Crippen LogP contribution >= 0.6 is 39.0 Å². The zero-order chi connectivity index (χ0) is 9.26. The zero-order valence-electron chi connectivity index (χ0n) is 6.95. The average Bonchev–Trinajstić information content (AvgIpc) is 2.53. The Balaban J connectivity index is 2.56. The third kappa shape index (κ3) is 1.87. The molecule has 2 nitrogen and oxygen atoms in total. The summed E-state index contributed by atoms with van der Waals surface area (Å²) in [5, 5.41) is 2.88. The predicted octanol–water partition coefficient (Wildman–Crippen LogP) is 3.57. The Kier molecular flexibility index (Phi) is 2.86. The topological polar surface area (TPSA) is 25.8 Å². The van der Waals surface area contributed by atoms with E-state index >= 15 is 0 Å². The molecule has 0 bridgehead atoms. The van der Waals surface area contributed by atoms with Gasteiger partial charge in [-0.3, -0.25) is 0 Å². The summed E-state index contributed by atoms with van der Waals surface area (Å²) >= 11 is 6.76. The number of halogens is 1. The Bertz CT molecular complexity index is 427. The van der Waals surface area contributed by atoms with Crippen molar-refractivity contribution in [2.24, 2.45) is 0 Å². The van der Waals surface area contributed by atoms with Crippen LogP contribution in [0, 0.1) is 0 Å². The van der Waals surface area contributed by atoms with Gasteiger partial charge in [0.15, 0.2) is 5.16 Å². The highest BCUT2D eigenvalue weighted by Crippen LogP contribution is 2.28. The molecule has 0 aliphatic carbocycles. The van der Waals surface area contributed by atoms with E-state index in [0.717, 1.165) is 25.7 Å². The molecule has 68 valence electrons. The normalized spacial score (nSPS) is 10.9. The highest BCUT2D eigenvalue weighted by atomic mass is 79.9. The predicted molar refractivity (Wildman–Crippen MR) is 61.5 cm³/mol. The number of hydrogen-bond acceptors (Lipinski definition) is 4. The van der Waals surface area contributed by atoms with Crippen molar-refractivity contribution in [3.8, 4) is 0 Å². The maximum Gasteiger partial charge on any atom is 0.189 e. The third-order valence-corrected chi connectivity index (χ3v) is 3.99. The molecular formula is C8H7BrN2S2. The van der Waals surface area contributed by atoms with Crippen molar-refractivity contribution in [3.05, 3.63) is 16.0 Å². The second-order valence-corrected chi connectivity index (χ2v) is 5.26. The Morgan fingerprint density at radius 3 is 3.15 bits per heavy atom. The van der Waals surface area contributed by atoms with Crippen LogP contribution in [0.1, 0.15) is 6.92 Å². The van der Waals surface area contributed by atoms with Gasteiger partial charge in [0.25, 0.3) is 0 Å². The maximum absolute atomic E-state index is 4.42. The first kappa shape index (κ1) is 9.43. The summed E-state index contributed by atoms with van der Waals surface area (Å²) in [6.07, 6.45) is 0. The Hall–Kier alpha value is -0.130. The summed E-state index contributed by atoms with van der Waals surface area (Å²) < 4.78 is 2.03. The van der Waals surface area contributed by atoms with Crippen LogP contribution in [0.2, 0.25) is 0 Å². The van der Waals surface area contributed by atoms with Gasteiger partial charge >= 0.3 is 0 Å². The monoisotopic (exact) mass is 274 g/mol. The molecule has 0 aliphatic rings. The van der Waals surface area contributed by atoms with E-state index in [9.17, 15) is 0 Å². The summed E-state index contributed by atoms with van der Waals surface area (Å²) in [4.78, 5) is 8.76. The largest absolute Gasteiger partial charge is 0.222 e. The molecule has 0 aromatic carbocycles. The first-order valence-corrected chi connectivity index (χ1v) is 6.50. The molecule has 13 heavy (non-hydrogen) atoms. The fraction of sp³-hybridized carbons (Fsp3) is 0.250. The molecule has 0 N–H and O–H groups in total. The molecule has 0 atom stereocenters. The highest BCUT2D eigenvalue weighted by Gasteiger charge is 2.05. The first-order valence-electron chi connectivity index (χ1n) is 3.85. The maximum atomic E-state index is 4.42. The Labute approximate surface area is 92.9 Å². The van der Waals surface area contributed by atoms with Gasteiger partial charge in [-0.05, 0) is 33.1 Å². The van der Waals surface area contributed by atoms with Crippen LogP contribution in [0.4, 0.5) is 0 Å². The van der Waals surface area contributed by atoms with Gasteiger partial charge in [0.05, 0.1) is 10.2 Å². The summed E-state index contributed by atoms with van der Waals surface area (Å²) in [6.45, 7) is 2.10. The van der Waals surface area contributed by atoms with Crippen LogP contribution in [-0.4, -0.2) is 15.7 Å². The number of thioether (sulfide) groups is 1. The van der Waals surface area contributed by atoms with Crippen molar-refractivity contribution >= 4 is 49.2 Å². The SMILES string of the molecule is CCSc1nc(Br)c2sccc2n1. The van der Waals surface area contributed by atoms with Crippen LogP contribution in [0.3, 0.4) is 0 Å². The van der Waals surface area contributed by atoms with Crippen molar-refractivity contribution < 1.29 is 0 Å². The molecule has 2 rings (SSSR count). The Morgan fingerprint density at radius 1 is 1.54 bits per heavy atom. The van der Waals surface area contributed by atoms with Crippen molar-refractivity contribution in [2.45, 2.75) is 12.1 Å². The van der Waals surface area contributed by atoms with Crippen molar-refractivity contribution in [3.63, 3.8) is 0 Å². The van der Waals surface area contributed by atoms with Crippen LogP contribution < -0.4 is 0 Å². The summed E-state index contributed by atoms with van der Waals surface area (Å²) in [6, 6.07) is 2.02. The minimum absolute atomic E-state index is 0.847. The fourth-order valence-corrected chi connectivity index (χ4v) is 3.06. The van der Waals surface area contributed by atoms with Gasteiger partial charge in [-0.2, -0.15) is 0 Å². The summed E-state index contributed by atoms with van der Waals surface area (Å²) in [7, 11) is 0. The highest BCUT2D eigenvalue weighted by molar-refractivity contribution is 9.10. The number of aromatic nitrogens is 2. The van der Waals surface area contributed by atoms with E-state index in [-0.39, 0.29) is 0 Å². The van der Waals surface area contributed by atoms with E-state index in [1.165, 1.54) is 0 Å². The van der Waals surface area contributed by atoms with Gasteiger partial charge < -0.3 is 0 Å². The van der Waals surface area contributed by atoms with Crippen LogP contribution in [0.5, 0.6) is 0 Å². The third-order valence-electron chi connectivity index (χ3n) is 1.52. The van der Waals surface area contributed by atoms with Crippen molar-refractivity contribution in [1.29, 1.82) is 0 Å². The molecule has 0 saturated carbocycles.